The zero-order chi connectivity index (χ0) is 19.5. The van der Waals surface area contributed by atoms with E-state index in [-0.39, 0.29) is 11.6 Å². The van der Waals surface area contributed by atoms with Crippen molar-refractivity contribution >= 4 is 23.1 Å². The molecule has 0 radical (unpaired) electrons. The number of benzene rings is 2. The van der Waals surface area contributed by atoms with Crippen LogP contribution in [0.5, 0.6) is 5.75 Å². The molecule has 6 heteroatoms. The lowest BCUT2D eigenvalue weighted by Gasteiger charge is -2.39. The molecule has 0 amide bonds. The van der Waals surface area contributed by atoms with Crippen LogP contribution in [0.3, 0.4) is 0 Å². The third-order valence-electron chi connectivity index (χ3n) is 5.37. The van der Waals surface area contributed by atoms with E-state index < -0.39 is 5.72 Å². The van der Waals surface area contributed by atoms with Gasteiger partial charge in [0.2, 0.25) is 5.72 Å². The van der Waals surface area contributed by atoms with Gasteiger partial charge in [-0.15, -0.1) is 0 Å². The van der Waals surface area contributed by atoms with E-state index >= 15 is 0 Å². The summed E-state index contributed by atoms with van der Waals surface area (Å²) in [6.07, 6.45) is 2.62. The number of hydrogen-bond donors (Lipinski definition) is 0. The van der Waals surface area contributed by atoms with Crippen molar-refractivity contribution in [3.05, 3.63) is 79.3 Å². The molecule has 0 aliphatic carbocycles. The van der Waals surface area contributed by atoms with Crippen molar-refractivity contribution in [1.82, 2.24) is 4.57 Å². The van der Waals surface area contributed by atoms with Crippen LogP contribution in [0, 0.1) is 0 Å². The van der Waals surface area contributed by atoms with Gasteiger partial charge < -0.3 is 9.64 Å². The van der Waals surface area contributed by atoms with Crippen LogP contribution in [-0.2, 0) is 0 Å². The van der Waals surface area contributed by atoms with Gasteiger partial charge in [0.05, 0.1) is 10.6 Å². The minimum atomic E-state index is -0.624. The summed E-state index contributed by atoms with van der Waals surface area (Å²) in [4.78, 5) is 20.8. The van der Waals surface area contributed by atoms with Crippen molar-refractivity contribution in [1.29, 1.82) is 0 Å². The first-order chi connectivity index (χ1) is 13.4. The second kappa shape index (κ2) is 6.07. The minimum absolute atomic E-state index is 0.0178. The average molecular weight is 391 g/mol. The molecule has 28 heavy (non-hydrogen) atoms. The second-order valence-corrected chi connectivity index (χ2v) is 8.71. The number of rotatable bonds is 2. The molecular formula is C22H21N3O2S. The highest BCUT2D eigenvalue weighted by molar-refractivity contribution is 7.07. The van der Waals surface area contributed by atoms with Crippen LogP contribution in [0.25, 0.3) is 6.08 Å². The number of para-hydroxylation sites is 1. The average Bonchev–Trinajstić information content (AvgIpc) is 2.96. The van der Waals surface area contributed by atoms with Crippen LogP contribution in [0.15, 0.2) is 58.3 Å². The normalized spacial score (nSPS) is 22.7. The first-order valence-electron chi connectivity index (χ1n) is 9.32. The largest absolute Gasteiger partial charge is 0.466 e. The molecule has 2 aliphatic heterocycles. The number of anilines is 1. The number of hydrogen-bond acceptors (Lipinski definition) is 5. The van der Waals surface area contributed by atoms with Gasteiger partial charge in [-0.05, 0) is 36.8 Å². The van der Waals surface area contributed by atoms with Gasteiger partial charge in [-0.25, -0.2) is 4.99 Å². The molecular weight excluding hydrogens is 370 g/mol. The summed E-state index contributed by atoms with van der Waals surface area (Å²) in [6.45, 7) is 1.99. The first-order valence-corrected chi connectivity index (χ1v) is 10.1. The fourth-order valence-electron chi connectivity index (χ4n) is 3.96. The maximum absolute atomic E-state index is 13.2. The van der Waals surface area contributed by atoms with E-state index in [9.17, 15) is 4.79 Å². The molecule has 2 atom stereocenters. The lowest BCUT2D eigenvalue weighted by Crippen LogP contribution is -2.49. The number of ether oxygens (including phenoxy) is 1. The third-order valence-corrected chi connectivity index (χ3v) is 6.35. The SMILES string of the molecule is CN(C)c1ccc(/C=c2/sc3n(c2=O)C2CC(C)(N=3)Oc3ccccc32)cc1. The Morgan fingerprint density at radius 3 is 2.71 bits per heavy atom. The van der Waals surface area contributed by atoms with Crippen molar-refractivity contribution in [2.75, 3.05) is 19.0 Å². The Labute approximate surface area is 166 Å². The summed E-state index contributed by atoms with van der Waals surface area (Å²) in [5.74, 6) is 0.818. The number of aromatic nitrogens is 1. The van der Waals surface area contributed by atoms with E-state index in [1.807, 2.05) is 68.1 Å². The van der Waals surface area contributed by atoms with Crippen molar-refractivity contribution < 1.29 is 4.74 Å². The highest BCUT2D eigenvalue weighted by Crippen LogP contribution is 2.42. The van der Waals surface area contributed by atoms with Gasteiger partial charge in [-0.2, -0.15) is 0 Å². The van der Waals surface area contributed by atoms with Gasteiger partial charge in [0.15, 0.2) is 4.80 Å². The van der Waals surface area contributed by atoms with Crippen molar-refractivity contribution in [2.24, 2.45) is 4.99 Å². The van der Waals surface area contributed by atoms with Gasteiger partial charge in [0.25, 0.3) is 5.56 Å². The molecule has 2 aromatic carbocycles. The van der Waals surface area contributed by atoms with Crippen molar-refractivity contribution in [3.8, 4) is 5.75 Å². The van der Waals surface area contributed by atoms with E-state index in [1.54, 1.807) is 0 Å². The molecule has 1 aromatic heterocycles. The quantitative estimate of drug-likeness (QED) is 0.674. The fourth-order valence-corrected chi connectivity index (χ4v) is 5.08. The summed E-state index contributed by atoms with van der Waals surface area (Å²) in [6, 6.07) is 16.1. The van der Waals surface area contributed by atoms with Crippen LogP contribution in [0.4, 0.5) is 5.69 Å². The first kappa shape index (κ1) is 17.3. The van der Waals surface area contributed by atoms with E-state index in [0.717, 1.165) is 27.4 Å². The maximum atomic E-state index is 13.2. The Morgan fingerprint density at radius 2 is 1.96 bits per heavy atom. The van der Waals surface area contributed by atoms with Crippen LogP contribution >= 0.6 is 11.3 Å². The molecule has 142 valence electrons. The summed E-state index contributed by atoms with van der Waals surface area (Å²) in [7, 11) is 4.02. The molecule has 2 bridgehead atoms. The van der Waals surface area contributed by atoms with Gasteiger partial charge in [-0.1, -0.05) is 41.7 Å². The molecule has 5 nitrogen and oxygen atoms in total. The predicted octanol–water partition coefficient (Wildman–Crippen LogP) is 2.53. The highest BCUT2D eigenvalue weighted by Gasteiger charge is 2.42. The summed E-state index contributed by atoms with van der Waals surface area (Å²) in [5.41, 5.74) is 2.58. The highest BCUT2D eigenvalue weighted by atomic mass is 32.1. The zero-order valence-electron chi connectivity index (χ0n) is 16.0. The lowest BCUT2D eigenvalue weighted by molar-refractivity contribution is 0.0410. The van der Waals surface area contributed by atoms with Crippen LogP contribution in [0.2, 0.25) is 0 Å². The third kappa shape index (κ3) is 2.67. The molecule has 2 unspecified atom stereocenters. The Balaban J connectivity index is 1.67. The maximum Gasteiger partial charge on any atom is 0.270 e. The number of nitrogens with zero attached hydrogens (tertiary/aromatic N) is 3. The van der Waals surface area contributed by atoms with Gasteiger partial charge in [0, 0.05) is 31.8 Å². The molecule has 0 spiro atoms. The summed E-state index contributed by atoms with van der Waals surface area (Å²) in [5, 5.41) is 0. The smallest absolute Gasteiger partial charge is 0.270 e. The standard InChI is InChI=1S/C22H21N3O2S/c1-22-13-17(16-6-4-5-7-18(16)27-22)25-20(26)19(28-21(25)23-22)12-14-8-10-15(11-9-14)24(2)3/h4-12,17H,13H2,1-3H3/b19-12+. The molecule has 0 saturated carbocycles. The second-order valence-electron chi connectivity index (χ2n) is 7.70. The van der Waals surface area contributed by atoms with Crippen LogP contribution in [0.1, 0.15) is 30.5 Å². The van der Waals surface area contributed by atoms with Crippen LogP contribution < -0.4 is 24.5 Å². The molecule has 5 rings (SSSR count). The van der Waals surface area contributed by atoms with E-state index in [4.69, 9.17) is 9.73 Å². The summed E-state index contributed by atoms with van der Waals surface area (Å²) < 4.78 is 8.70. The van der Waals surface area contributed by atoms with Crippen LogP contribution in [-0.4, -0.2) is 24.4 Å². The van der Waals surface area contributed by atoms with Crippen molar-refractivity contribution in [2.45, 2.75) is 25.1 Å². The van der Waals surface area contributed by atoms with E-state index in [1.165, 1.54) is 11.3 Å². The Hall–Kier alpha value is -2.86. The molecule has 3 heterocycles. The summed E-state index contributed by atoms with van der Waals surface area (Å²) >= 11 is 1.44. The Bertz CT molecular complexity index is 1240. The zero-order valence-corrected chi connectivity index (χ0v) is 16.9. The number of thiazole rings is 1. The van der Waals surface area contributed by atoms with Crippen molar-refractivity contribution in [3.63, 3.8) is 0 Å². The van der Waals surface area contributed by atoms with E-state index in [2.05, 4.69) is 17.0 Å². The topological polar surface area (TPSA) is 46.8 Å². The predicted molar refractivity (Wildman–Crippen MR) is 112 cm³/mol. The Morgan fingerprint density at radius 1 is 1.21 bits per heavy atom. The molecule has 3 aromatic rings. The monoisotopic (exact) mass is 391 g/mol. The van der Waals surface area contributed by atoms with Gasteiger partial charge in [-0.3, -0.25) is 9.36 Å². The Kier molecular flexibility index (Phi) is 3.74. The number of fused-ring (bicyclic) bond motifs is 6. The molecule has 2 aliphatic rings. The molecule has 0 fully saturated rings. The minimum Gasteiger partial charge on any atom is -0.466 e. The van der Waals surface area contributed by atoms with Gasteiger partial charge >= 0.3 is 0 Å². The van der Waals surface area contributed by atoms with E-state index in [0.29, 0.717) is 11.0 Å². The lowest BCUT2D eigenvalue weighted by atomic mass is 9.93. The van der Waals surface area contributed by atoms with Gasteiger partial charge in [0.1, 0.15) is 5.75 Å². The molecule has 0 N–H and O–H groups in total. The molecule has 0 saturated heterocycles. The fraction of sp³-hybridized carbons (Fsp3) is 0.273.